The molecule has 0 unspecified atom stereocenters. The van der Waals surface area contributed by atoms with Crippen LogP contribution in [0.5, 0.6) is 0 Å². The molecule has 5 heteroatoms. The molecular formula is C14H15N3S2. The van der Waals surface area contributed by atoms with Gasteiger partial charge in [-0.05, 0) is 45.1 Å². The first kappa shape index (κ1) is 12.9. The van der Waals surface area contributed by atoms with Gasteiger partial charge in [-0.15, -0.1) is 11.3 Å². The summed E-state index contributed by atoms with van der Waals surface area (Å²) in [6.07, 6.45) is 4.84. The lowest BCUT2D eigenvalue weighted by atomic mass is 9.97. The van der Waals surface area contributed by atoms with E-state index in [1.807, 2.05) is 25.2 Å². The van der Waals surface area contributed by atoms with Crippen molar-refractivity contribution in [2.24, 2.45) is 0 Å². The third-order valence-electron chi connectivity index (χ3n) is 3.36. The molecule has 1 aliphatic rings. The van der Waals surface area contributed by atoms with Gasteiger partial charge in [0.2, 0.25) is 0 Å². The topological polar surface area (TPSA) is 49.6 Å². The Kier molecular flexibility index (Phi) is 3.46. The Morgan fingerprint density at radius 3 is 2.89 bits per heavy atom. The summed E-state index contributed by atoms with van der Waals surface area (Å²) in [5.41, 5.74) is 1.44. The van der Waals surface area contributed by atoms with Gasteiger partial charge in [-0.1, -0.05) is 11.8 Å². The van der Waals surface area contributed by atoms with Crippen molar-refractivity contribution < 1.29 is 0 Å². The minimum Gasteiger partial charge on any atom is -0.226 e. The third kappa shape index (κ3) is 2.35. The molecule has 0 spiro atoms. The average Bonchev–Trinajstić information content (AvgIpc) is 2.76. The van der Waals surface area contributed by atoms with Crippen LogP contribution in [0.25, 0.3) is 10.2 Å². The van der Waals surface area contributed by atoms with Gasteiger partial charge in [-0.25, -0.2) is 9.97 Å². The van der Waals surface area contributed by atoms with Gasteiger partial charge < -0.3 is 0 Å². The zero-order valence-corrected chi connectivity index (χ0v) is 12.7. The van der Waals surface area contributed by atoms with Crippen LogP contribution in [0.1, 0.15) is 36.0 Å². The fourth-order valence-corrected chi connectivity index (χ4v) is 4.79. The highest BCUT2D eigenvalue weighted by Crippen LogP contribution is 2.40. The zero-order valence-electron chi connectivity index (χ0n) is 11.1. The van der Waals surface area contributed by atoms with Crippen LogP contribution in [-0.2, 0) is 12.8 Å². The largest absolute Gasteiger partial charge is 0.226 e. The Balaban J connectivity index is 2.19. The summed E-state index contributed by atoms with van der Waals surface area (Å²) in [6, 6.07) is 2.28. The second kappa shape index (κ2) is 5.10. The molecule has 0 radical (unpaired) electrons. The molecule has 1 atom stereocenters. The number of rotatable bonds is 2. The van der Waals surface area contributed by atoms with Crippen LogP contribution >= 0.6 is 23.1 Å². The number of aryl methyl sites for hydroxylation is 3. The average molecular weight is 289 g/mol. The fourth-order valence-electron chi connectivity index (χ4n) is 2.50. The van der Waals surface area contributed by atoms with Crippen molar-refractivity contribution in [3.8, 4) is 6.07 Å². The molecule has 98 valence electrons. The van der Waals surface area contributed by atoms with Crippen molar-refractivity contribution >= 4 is 33.3 Å². The summed E-state index contributed by atoms with van der Waals surface area (Å²) >= 11 is 3.37. The van der Waals surface area contributed by atoms with Gasteiger partial charge in [0.05, 0.1) is 11.3 Å². The van der Waals surface area contributed by atoms with E-state index < -0.39 is 0 Å². The quantitative estimate of drug-likeness (QED) is 0.622. The molecule has 3 nitrogen and oxygen atoms in total. The highest BCUT2D eigenvalue weighted by atomic mass is 32.2. The number of aromatic nitrogens is 2. The van der Waals surface area contributed by atoms with Crippen LogP contribution in [0, 0.1) is 18.3 Å². The smallest absolute Gasteiger partial charge is 0.128 e. The van der Waals surface area contributed by atoms with E-state index in [9.17, 15) is 0 Å². The van der Waals surface area contributed by atoms with Gasteiger partial charge in [-0.2, -0.15) is 5.26 Å². The Morgan fingerprint density at radius 2 is 2.11 bits per heavy atom. The SMILES string of the molecule is Cc1nc(S[C@H](C)C#N)c2c3c(sc2n1)CCCC3. The van der Waals surface area contributed by atoms with E-state index in [1.165, 1.54) is 35.1 Å². The van der Waals surface area contributed by atoms with Crippen molar-refractivity contribution in [1.82, 2.24) is 9.97 Å². The number of nitriles is 1. The van der Waals surface area contributed by atoms with E-state index in [1.54, 1.807) is 11.8 Å². The van der Waals surface area contributed by atoms with Crippen molar-refractivity contribution in [2.45, 2.75) is 49.8 Å². The minimum absolute atomic E-state index is 0.0726. The maximum Gasteiger partial charge on any atom is 0.128 e. The molecule has 0 aliphatic heterocycles. The van der Waals surface area contributed by atoms with Gasteiger partial charge in [0.15, 0.2) is 0 Å². The standard InChI is InChI=1S/C14H15N3S2/c1-8(7-15)18-13-12-10-5-3-4-6-11(10)19-14(12)17-9(2)16-13/h8H,3-6H2,1-2H3/t8-/m1/s1. The molecule has 2 aromatic heterocycles. The first-order valence-electron chi connectivity index (χ1n) is 6.54. The molecule has 0 aromatic carbocycles. The van der Waals surface area contributed by atoms with E-state index in [2.05, 4.69) is 16.0 Å². The lowest BCUT2D eigenvalue weighted by Crippen LogP contribution is -2.01. The van der Waals surface area contributed by atoms with Crippen LogP contribution in [0.4, 0.5) is 0 Å². The predicted molar refractivity (Wildman–Crippen MR) is 79.7 cm³/mol. The summed E-state index contributed by atoms with van der Waals surface area (Å²) in [5.74, 6) is 0.804. The van der Waals surface area contributed by atoms with Crippen molar-refractivity contribution in [2.75, 3.05) is 0 Å². The molecular weight excluding hydrogens is 274 g/mol. The monoisotopic (exact) mass is 289 g/mol. The highest BCUT2D eigenvalue weighted by Gasteiger charge is 2.21. The van der Waals surface area contributed by atoms with Crippen molar-refractivity contribution in [3.63, 3.8) is 0 Å². The van der Waals surface area contributed by atoms with Crippen LogP contribution in [0.2, 0.25) is 0 Å². The van der Waals surface area contributed by atoms with Gasteiger partial charge in [0, 0.05) is 10.3 Å². The van der Waals surface area contributed by atoms with Crippen LogP contribution < -0.4 is 0 Å². The number of thiophene rings is 1. The number of thioether (sulfide) groups is 1. The maximum absolute atomic E-state index is 9.01. The van der Waals surface area contributed by atoms with Crippen LogP contribution in [0.3, 0.4) is 0 Å². The lowest BCUT2D eigenvalue weighted by Gasteiger charge is -2.12. The Morgan fingerprint density at radius 1 is 1.32 bits per heavy atom. The number of hydrogen-bond acceptors (Lipinski definition) is 5. The Bertz CT molecular complexity index is 669. The molecule has 1 aliphatic carbocycles. The maximum atomic E-state index is 9.01. The Labute approximate surface area is 121 Å². The number of hydrogen-bond donors (Lipinski definition) is 0. The molecule has 3 rings (SSSR count). The summed E-state index contributed by atoms with van der Waals surface area (Å²) in [5, 5.41) is 11.2. The first-order chi connectivity index (χ1) is 9.19. The van der Waals surface area contributed by atoms with E-state index >= 15 is 0 Å². The molecule has 0 bridgehead atoms. The predicted octanol–water partition coefficient (Wildman–Crippen LogP) is 3.88. The van der Waals surface area contributed by atoms with Gasteiger partial charge in [0.25, 0.3) is 0 Å². The van der Waals surface area contributed by atoms with Gasteiger partial charge in [-0.3, -0.25) is 0 Å². The molecule has 0 fully saturated rings. The van der Waals surface area contributed by atoms with Gasteiger partial charge >= 0.3 is 0 Å². The van der Waals surface area contributed by atoms with Gasteiger partial charge in [0.1, 0.15) is 15.7 Å². The number of fused-ring (bicyclic) bond motifs is 3. The molecule has 0 N–H and O–H groups in total. The first-order valence-corrected chi connectivity index (χ1v) is 8.24. The molecule has 2 heterocycles. The third-order valence-corrected chi connectivity index (χ3v) is 5.53. The van der Waals surface area contributed by atoms with E-state index in [4.69, 9.17) is 5.26 Å². The summed E-state index contributed by atoms with van der Waals surface area (Å²) in [7, 11) is 0. The lowest BCUT2D eigenvalue weighted by molar-refractivity contribution is 0.699. The summed E-state index contributed by atoms with van der Waals surface area (Å²) in [6.45, 7) is 3.85. The summed E-state index contributed by atoms with van der Waals surface area (Å²) < 4.78 is 0. The molecule has 0 saturated carbocycles. The second-order valence-electron chi connectivity index (χ2n) is 4.86. The second-order valence-corrected chi connectivity index (χ2v) is 7.27. The molecule has 0 saturated heterocycles. The fraction of sp³-hybridized carbons (Fsp3) is 0.500. The van der Waals surface area contributed by atoms with Crippen molar-refractivity contribution in [1.29, 1.82) is 5.26 Å². The zero-order chi connectivity index (χ0) is 13.4. The van der Waals surface area contributed by atoms with E-state index in [0.29, 0.717) is 0 Å². The normalized spacial score (nSPS) is 16.1. The molecule has 19 heavy (non-hydrogen) atoms. The highest BCUT2D eigenvalue weighted by molar-refractivity contribution is 8.00. The van der Waals surface area contributed by atoms with Crippen LogP contribution in [0.15, 0.2) is 5.03 Å². The van der Waals surface area contributed by atoms with E-state index in [-0.39, 0.29) is 5.25 Å². The number of nitrogens with zero attached hydrogens (tertiary/aromatic N) is 3. The molecule has 2 aromatic rings. The van der Waals surface area contributed by atoms with E-state index in [0.717, 1.165) is 22.1 Å². The summed E-state index contributed by atoms with van der Waals surface area (Å²) in [4.78, 5) is 11.7. The Hall–Kier alpha value is -1.12. The molecule has 0 amide bonds. The van der Waals surface area contributed by atoms with Crippen LogP contribution in [-0.4, -0.2) is 15.2 Å². The minimum atomic E-state index is -0.0726. The van der Waals surface area contributed by atoms with Crippen molar-refractivity contribution in [3.05, 3.63) is 16.3 Å².